The molecule has 1 fully saturated rings. The maximum Gasteiger partial charge on any atom is 0.228 e. The molecule has 0 aliphatic carbocycles. The van der Waals surface area contributed by atoms with Gasteiger partial charge in [0.25, 0.3) is 0 Å². The smallest absolute Gasteiger partial charge is 0.228 e. The van der Waals surface area contributed by atoms with Crippen LogP contribution in [-0.4, -0.2) is 25.8 Å². The van der Waals surface area contributed by atoms with Crippen LogP contribution < -0.4 is 5.32 Å². The number of sulfone groups is 1. The third kappa shape index (κ3) is 3.99. The molecular formula is C18H19NO3S. The van der Waals surface area contributed by atoms with Crippen LogP contribution in [0.5, 0.6) is 0 Å². The van der Waals surface area contributed by atoms with Gasteiger partial charge >= 0.3 is 0 Å². The molecule has 1 aliphatic rings. The van der Waals surface area contributed by atoms with Crippen LogP contribution >= 0.6 is 0 Å². The molecule has 1 saturated heterocycles. The van der Waals surface area contributed by atoms with E-state index in [-0.39, 0.29) is 17.4 Å². The fraction of sp³-hybridized carbons (Fsp3) is 0.278. The molecule has 23 heavy (non-hydrogen) atoms. The molecule has 120 valence electrons. The van der Waals surface area contributed by atoms with Crippen molar-refractivity contribution in [3.8, 4) is 0 Å². The van der Waals surface area contributed by atoms with E-state index < -0.39 is 15.8 Å². The lowest BCUT2D eigenvalue weighted by Gasteiger charge is -2.13. The molecule has 1 N–H and O–H groups in total. The highest BCUT2D eigenvalue weighted by atomic mass is 32.2. The van der Waals surface area contributed by atoms with Gasteiger partial charge in [0.2, 0.25) is 5.91 Å². The van der Waals surface area contributed by atoms with Gasteiger partial charge in [-0.3, -0.25) is 4.79 Å². The maximum atomic E-state index is 12.3. The first-order chi connectivity index (χ1) is 11.0. The van der Waals surface area contributed by atoms with E-state index in [0.717, 1.165) is 23.2 Å². The van der Waals surface area contributed by atoms with Crippen molar-refractivity contribution >= 4 is 21.4 Å². The number of rotatable bonds is 4. The number of nitrogens with one attached hydrogen (secondary N) is 1. The van der Waals surface area contributed by atoms with Crippen LogP contribution in [0, 0.1) is 5.92 Å². The van der Waals surface area contributed by atoms with Crippen molar-refractivity contribution in [1.82, 2.24) is 0 Å². The van der Waals surface area contributed by atoms with Gasteiger partial charge in [-0.05, 0) is 30.0 Å². The number of benzene rings is 2. The highest BCUT2D eigenvalue weighted by molar-refractivity contribution is 7.91. The summed E-state index contributed by atoms with van der Waals surface area (Å²) in [5.74, 6) is -0.576. The minimum Gasteiger partial charge on any atom is -0.326 e. The zero-order valence-corrected chi connectivity index (χ0v) is 13.6. The van der Waals surface area contributed by atoms with Crippen LogP contribution in [0.4, 0.5) is 5.69 Å². The molecule has 0 bridgehead atoms. The molecule has 2 aromatic rings. The molecule has 0 spiro atoms. The van der Waals surface area contributed by atoms with Gasteiger partial charge in [0, 0.05) is 5.69 Å². The molecule has 3 rings (SSSR count). The zero-order valence-electron chi connectivity index (χ0n) is 12.7. The van der Waals surface area contributed by atoms with E-state index in [2.05, 4.69) is 5.32 Å². The maximum absolute atomic E-state index is 12.3. The lowest BCUT2D eigenvalue weighted by Crippen LogP contribution is -2.24. The van der Waals surface area contributed by atoms with Gasteiger partial charge in [0.1, 0.15) is 0 Å². The number of amides is 1. The molecule has 2 aromatic carbocycles. The van der Waals surface area contributed by atoms with Crippen LogP contribution in [0.1, 0.15) is 17.5 Å². The summed E-state index contributed by atoms with van der Waals surface area (Å²) in [5.41, 5.74) is 2.94. The first-order valence-electron chi connectivity index (χ1n) is 7.67. The van der Waals surface area contributed by atoms with E-state index in [1.54, 1.807) is 0 Å². The summed E-state index contributed by atoms with van der Waals surface area (Å²) in [5, 5.41) is 2.91. The monoisotopic (exact) mass is 329 g/mol. The Labute approximate surface area is 136 Å². The van der Waals surface area contributed by atoms with E-state index >= 15 is 0 Å². The Hall–Kier alpha value is -2.14. The molecule has 0 radical (unpaired) electrons. The minimum absolute atomic E-state index is 0.0420. The third-order valence-corrected chi connectivity index (χ3v) is 5.88. The summed E-state index contributed by atoms with van der Waals surface area (Å²) in [4.78, 5) is 12.3. The Morgan fingerprint density at radius 1 is 1.04 bits per heavy atom. The van der Waals surface area contributed by atoms with Crippen molar-refractivity contribution in [2.24, 2.45) is 5.92 Å². The first-order valence-corrected chi connectivity index (χ1v) is 9.49. The van der Waals surface area contributed by atoms with Crippen molar-refractivity contribution in [3.63, 3.8) is 0 Å². The fourth-order valence-corrected chi connectivity index (χ4v) is 4.59. The number of para-hydroxylation sites is 1. The standard InChI is InChI=1S/C18H19NO3S/c20-18(16-10-11-23(21,22)13-16)19-17-9-5-4-8-15(17)12-14-6-2-1-3-7-14/h1-9,16H,10-13H2,(H,19,20)/t16-/m0/s1. The SMILES string of the molecule is O=C(Nc1ccccc1Cc1ccccc1)[C@H]1CCS(=O)(=O)C1. The Kier molecular flexibility index (Phi) is 4.48. The van der Waals surface area contributed by atoms with Crippen molar-refractivity contribution in [2.45, 2.75) is 12.8 Å². The van der Waals surface area contributed by atoms with Gasteiger partial charge in [-0.25, -0.2) is 8.42 Å². The molecule has 5 heteroatoms. The summed E-state index contributed by atoms with van der Waals surface area (Å²) in [7, 11) is -3.05. The van der Waals surface area contributed by atoms with Crippen molar-refractivity contribution in [3.05, 3.63) is 65.7 Å². The lowest BCUT2D eigenvalue weighted by atomic mass is 10.0. The second-order valence-electron chi connectivity index (χ2n) is 5.91. The van der Waals surface area contributed by atoms with Crippen LogP contribution in [0.25, 0.3) is 0 Å². The van der Waals surface area contributed by atoms with Crippen LogP contribution in [0.3, 0.4) is 0 Å². The Balaban J connectivity index is 1.74. The van der Waals surface area contributed by atoms with E-state index in [4.69, 9.17) is 0 Å². The molecule has 4 nitrogen and oxygen atoms in total. The molecule has 1 atom stereocenters. The minimum atomic E-state index is -3.05. The highest BCUT2D eigenvalue weighted by Crippen LogP contribution is 2.23. The summed E-state index contributed by atoms with van der Waals surface area (Å²) in [6.07, 6.45) is 1.13. The average molecular weight is 329 g/mol. The second kappa shape index (κ2) is 6.54. The average Bonchev–Trinajstić information content (AvgIpc) is 2.90. The van der Waals surface area contributed by atoms with E-state index in [0.29, 0.717) is 6.42 Å². The highest BCUT2D eigenvalue weighted by Gasteiger charge is 2.33. The number of hydrogen-bond acceptors (Lipinski definition) is 3. The normalized spacial score (nSPS) is 19.4. The number of anilines is 1. The molecule has 1 heterocycles. The van der Waals surface area contributed by atoms with Crippen molar-refractivity contribution in [2.75, 3.05) is 16.8 Å². The third-order valence-electron chi connectivity index (χ3n) is 4.12. The number of carbonyl (C=O) groups is 1. The van der Waals surface area contributed by atoms with Gasteiger partial charge in [-0.15, -0.1) is 0 Å². The Bertz CT molecular complexity index is 800. The van der Waals surface area contributed by atoms with Crippen LogP contribution in [-0.2, 0) is 21.1 Å². The van der Waals surface area contributed by atoms with E-state index in [1.807, 2.05) is 54.6 Å². The fourth-order valence-electron chi connectivity index (χ4n) is 2.85. The van der Waals surface area contributed by atoms with Gasteiger partial charge in [0.15, 0.2) is 9.84 Å². The predicted molar refractivity (Wildman–Crippen MR) is 91.1 cm³/mol. The molecular weight excluding hydrogens is 310 g/mol. The van der Waals surface area contributed by atoms with Gasteiger partial charge in [-0.1, -0.05) is 48.5 Å². The van der Waals surface area contributed by atoms with Gasteiger partial charge < -0.3 is 5.32 Å². The predicted octanol–water partition coefficient (Wildman–Crippen LogP) is 2.65. The summed E-state index contributed by atoms with van der Waals surface area (Å²) < 4.78 is 23.1. The molecule has 1 aliphatic heterocycles. The summed E-state index contributed by atoms with van der Waals surface area (Å²) in [6.45, 7) is 0. The van der Waals surface area contributed by atoms with Crippen LogP contribution in [0.2, 0.25) is 0 Å². The zero-order chi connectivity index (χ0) is 16.3. The molecule has 0 saturated carbocycles. The summed E-state index contributed by atoms with van der Waals surface area (Å²) >= 11 is 0. The van der Waals surface area contributed by atoms with E-state index in [9.17, 15) is 13.2 Å². The first kappa shape index (κ1) is 15.7. The van der Waals surface area contributed by atoms with Crippen molar-refractivity contribution in [1.29, 1.82) is 0 Å². The van der Waals surface area contributed by atoms with Crippen LogP contribution in [0.15, 0.2) is 54.6 Å². The van der Waals surface area contributed by atoms with Gasteiger partial charge in [0.05, 0.1) is 17.4 Å². The molecule has 0 unspecified atom stereocenters. The van der Waals surface area contributed by atoms with Gasteiger partial charge in [-0.2, -0.15) is 0 Å². The Morgan fingerprint density at radius 2 is 1.74 bits per heavy atom. The molecule has 0 aromatic heterocycles. The Morgan fingerprint density at radius 3 is 2.43 bits per heavy atom. The number of carbonyl (C=O) groups excluding carboxylic acids is 1. The molecule has 1 amide bonds. The topological polar surface area (TPSA) is 63.2 Å². The summed E-state index contributed by atoms with van der Waals surface area (Å²) in [6, 6.07) is 17.7. The van der Waals surface area contributed by atoms with Crippen molar-refractivity contribution < 1.29 is 13.2 Å². The van der Waals surface area contributed by atoms with E-state index in [1.165, 1.54) is 0 Å². The second-order valence-corrected chi connectivity index (χ2v) is 8.14. The lowest BCUT2D eigenvalue weighted by molar-refractivity contribution is -0.119. The quantitative estimate of drug-likeness (QED) is 0.938. The largest absolute Gasteiger partial charge is 0.326 e. The number of hydrogen-bond donors (Lipinski definition) is 1.